The molecule has 1 unspecified atom stereocenters. The molecule has 1 amide bonds. The van der Waals surface area contributed by atoms with Crippen LogP contribution in [0.4, 0.5) is 0 Å². The molecular weight excluding hydrogens is 214 g/mol. The van der Waals surface area contributed by atoms with Gasteiger partial charge < -0.3 is 19.9 Å². The summed E-state index contributed by atoms with van der Waals surface area (Å²) in [6, 6.07) is 0. The maximum Gasteiger partial charge on any atom is 0.305 e. The Morgan fingerprint density at radius 3 is 2.50 bits per heavy atom. The van der Waals surface area contributed by atoms with E-state index < -0.39 is 11.5 Å². The van der Waals surface area contributed by atoms with E-state index in [-0.39, 0.29) is 25.5 Å². The average molecular weight is 233 g/mol. The smallest absolute Gasteiger partial charge is 0.305 e. The van der Waals surface area contributed by atoms with Gasteiger partial charge in [0, 0.05) is 13.7 Å². The standard InChI is InChI=1S/C10H19NO5/c1-4-16-6-8(12)11-10(2,7-15-3)5-9(13)14/h4-7H2,1-3H3,(H,11,12)(H,13,14). The number of carboxylic acids is 1. The van der Waals surface area contributed by atoms with Crippen molar-refractivity contribution in [2.45, 2.75) is 25.8 Å². The van der Waals surface area contributed by atoms with Crippen molar-refractivity contribution in [1.29, 1.82) is 0 Å². The van der Waals surface area contributed by atoms with Crippen LogP contribution in [-0.4, -0.2) is 49.5 Å². The molecule has 0 aromatic rings. The van der Waals surface area contributed by atoms with Gasteiger partial charge in [0.1, 0.15) is 6.61 Å². The number of carbonyl (C=O) groups is 2. The van der Waals surface area contributed by atoms with E-state index in [1.165, 1.54) is 7.11 Å². The maximum absolute atomic E-state index is 11.4. The number of carbonyl (C=O) groups excluding carboxylic acids is 1. The van der Waals surface area contributed by atoms with Crippen molar-refractivity contribution in [1.82, 2.24) is 5.32 Å². The Kier molecular flexibility index (Phi) is 6.67. The van der Waals surface area contributed by atoms with Crippen molar-refractivity contribution in [2.75, 3.05) is 26.9 Å². The van der Waals surface area contributed by atoms with Gasteiger partial charge in [-0.1, -0.05) is 0 Å². The number of aliphatic carboxylic acids is 1. The quantitative estimate of drug-likeness (QED) is 0.617. The van der Waals surface area contributed by atoms with E-state index >= 15 is 0 Å². The summed E-state index contributed by atoms with van der Waals surface area (Å²) < 4.78 is 9.82. The van der Waals surface area contributed by atoms with E-state index in [1.807, 2.05) is 0 Å². The fourth-order valence-corrected chi connectivity index (χ4v) is 1.35. The van der Waals surface area contributed by atoms with Crippen LogP contribution >= 0.6 is 0 Å². The molecule has 0 fully saturated rings. The van der Waals surface area contributed by atoms with E-state index in [2.05, 4.69) is 5.32 Å². The number of carboxylic acid groups (broad SMARTS) is 1. The first kappa shape index (κ1) is 14.9. The third kappa shape index (κ3) is 6.36. The van der Waals surface area contributed by atoms with Gasteiger partial charge in [0.15, 0.2) is 0 Å². The molecule has 0 spiro atoms. The molecule has 2 N–H and O–H groups in total. The predicted molar refractivity (Wildman–Crippen MR) is 57.2 cm³/mol. The van der Waals surface area contributed by atoms with Crippen LogP contribution in [0.25, 0.3) is 0 Å². The Hall–Kier alpha value is -1.14. The molecule has 16 heavy (non-hydrogen) atoms. The van der Waals surface area contributed by atoms with Crippen LogP contribution < -0.4 is 5.32 Å². The Balaban J connectivity index is 4.30. The fraction of sp³-hybridized carbons (Fsp3) is 0.800. The molecule has 0 aliphatic carbocycles. The van der Waals surface area contributed by atoms with Crippen molar-refractivity contribution >= 4 is 11.9 Å². The molecule has 0 aliphatic rings. The predicted octanol–water partition coefficient (Wildman–Crippen LogP) is 0.0189. The van der Waals surface area contributed by atoms with Crippen LogP contribution in [0.1, 0.15) is 20.3 Å². The summed E-state index contributed by atoms with van der Waals surface area (Å²) in [6.45, 7) is 3.90. The van der Waals surface area contributed by atoms with Crippen molar-refractivity contribution in [2.24, 2.45) is 0 Å². The molecular formula is C10H19NO5. The topological polar surface area (TPSA) is 84.9 Å². The SMILES string of the molecule is CCOCC(=O)NC(C)(COC)CC(=O)O. The summed E-state index contributed by atoms with van der Waals surface area (Å²) in [6.07, 6.45) is -0.196. The number of ether oxygens (including phenoxy) is 2. The molecule has 94 valence electrons. The molecule has 0 saturated heterocycles. The molecule has 0 heterocycles. The Morgan fingerprint density at radius 2 is 2.06 bits per heavy atom. The van der Waals surface area contributed by atoms with Crippen molar-refractivity contribution < 1.29 is 24.2 Å². The summed E-state index contributed by atoms with van der Waals surface area (Å²) >= 11 is 0. The Morgan fingerprint density at radius 1 is 1.44 bits per heavy atom. The average Bonchev–Trinajstić information content (AvgIpc) is 2.13. The van der Waals surface area contributed by atoms with Gasteiger partial charge in [0.05, 0.1) is 18.6 Å². The van der Waals surface area contributed by atoms with Gasteiger partial charge in [-0.25, -0.2) is 0 Å². The highest BCUT2D eigenvalue weighted by molar-refractivity contribution is 5.79. The van der Waals surface area contributed by atoms with Gasteiger partial charge in [-0.3, -0.25) is 9.59 Å². The third-order valence-corrected chi connectivity index (χ3v) is 1.88. The Labute approximate surface area is 94.9 Å². The second kappa shape index (κ2) is 7.19. The monoisotopic (exact) mass is 233 g/mol. The highest BCUT2D eigenvalue weighted by Crippen LogP contribution is 2.10. The summed E-state index contributed by atoms with van der Waals surface area (Å²) in [5, 5.41) is 11.3. The van der Waals surface area contributed by atoms with Crippen LogP contribution in [0.3, 0.4) is 0 Å². The number of methoxy groups -OCH3 is 1. The van der Waals surface area contributed by atoms with Gasteiger partial charge in [0.25, 0.3) is 0 Å². The number of amides is 1. The van der Waals surface area contributed by atoms with Crippen LogP contribution in [0.15, 0.2) is 0 Å². The van der Waals surface area contributed by atoms with Crippen LogP contribution in [0.5, 0.6) is 0 Å². The zero-order chi connectivity index (χ0) is 12.6. The van der Waals surface area contributed by atoms with Gasteiger partial charge in [0.2, 0.25) is 5.91 Å². The lowest BCUT2D eigenvalue weighted by atomic mass is 9.99. The lowest BCUT2D eigenvalue weighted by Crippen LogP contribution is -2.51. The molecule has 0 radical (unpaired) electrons. The normalized spacial score (nSPS) is 14.2. The number of hydrogen-bond acceptors (Lipinski definition) is 4. The summed E-state index contributed by atoms with van der Waals surface area (Å²) in [5.41, 5.74) is -0.908. The van der Waals surface area contributed by atoms with E-state index in [9.17, 15) is 9.59 Å². The molecule has 0 bridgehead atoms. The molecule has 0 aromatic heterocycles. The molecule has 0 rings (SSSR count). The molecule has 6 nitrogen and oxygen atoms in total. The highest BCUT2D eigenvalue weighted by atomic mass is 16.5. The van der Waals surface area contributed by atoms with E-state index in [0.29, 0.717) is 6.61 Å². The van der Waals surface area contributed by atoms with Crippen molar-refractivity contribution in [3.63, 3.8) is 0 Å². The van der Waals surface area contributed by atoms with Gasteiger partial charge in [-0.05, 0) is 13.8 Å². The minimum Gasteiger partial charge on any atom is -0.481 e. The summed E-state index contributed by atoms with van der Waals surface area (Å²) in [5.74, 6) is -1.33. The largest absolute Gasteiger partial charge is 0.481 e. The van der Waals surface area contributed by atoms with Crippen molar-refractivity contribution in [3.05, 3.63) is 0 Å². The van der Waals surface area contributed by atoms with E-state index in [4.69, 9.17) is 14.6 Å². The van der Waals surface area contributed by atoms with Gasteiger partial charge >= 0.3 is 5.97 Å². The third-order valence-electron chi connectivity index (χ3n) is 1.88. The minimum absolute atomic E-state index is 0.0740. The molecule has 1 atom stereocenters. The van der Waals surface area contributed by atoms with Crippen LogP contribution in [-0.2, 0) is 19.1 Å². The van der Waals surface area contributed by atoms with Crippen LogP contribution in [0.2, 0.25) is 0 Å². The van der Waals surface area contributed by atoms with Gasteiger partial charge in [-0.15, -0.1) is 0 Å². The number of hydrogen-bond donors (Lipinski definition) is 2. The maximum atomic E-state index is 11.4. The molecule has 0 aliphatic heterocycles. The molecule has 0 saturated carbocycles. The first-order valence-electron chi connectivity index (χ1n) is 5.03. The van der Waals surface area contributed by atoms with Gasteiger partial charge in [-0.2, -0.15) is 0 Å². The lowest BCUT2D eigenvalue weighted by Gasteiger charge is -2.28. The highest BCUT2D eigenvalue weighted by Gasteiger charge is 2.29. The first-order valence-corrected chi connectivity index (χ1v) is 5.03. The number of rotatable bonds is 8. The van der Waals surface area contributed by atoms with Crippen molar-refractivity contribution in [3.8, 4) is 0 Å². The molecule has 0 aromatic carbocycles. The second-order valence-electron chi connectivity index (χ2n) is 3.75. The number of nitrogens with one attached hydrogen (secondary N) is 1. The lowest BCUT2D eigenvalue weighted by molar-refractivity contribution is -0.140. The minimum atomic E-state index is -0.990. The van der Waals surface area contributed by atoms with E-state index in [0.717, 1.165) is 0 Å². The zero-order valence-electron chi connectivity index (χ0n) is 9.91. The second-order valence-corrected chi connectivity index (χ2v) is 3.75. The summed E-state index contributed by atoms with van der Waals surface area (Å²) in [4.78, 5) is 22.0. The van der Waals surface area contributed by atoms with E-state index in [1.54, 1.807) is 13.8 Å². The zero-order valence-corrected chi connectivity index (χ0v) is 9.91. The summed E-state index contributed by atoms with van der Waals surface area (Å²) in [7, 11) is 1.45. The first-order chi connectivity index (χ1) is 7.43. The Bertz CT molecular complexity index is 243. The van der Waals surface area contributed by atoms with Crippen LogP contribution in [0, 0.1) is 0 Å². The fourth-order valence-electron chi connectivity index (χ4n) is 1.35. The molecule has 6 heteroatoms.